The van der Waals surface area contributed by atoms with Gasteiger partial charge in [-0.05, 0) is 36.0 Å². The number of carbonyl (C=O) groups excluding carboxylic acids is 1. The van der Waals surface area contributed by atoms with Crippen LogP contribution in [0, 0.1) is 7.43 Å². The third kappa shape index (κ3) is 12.7. The summed E-state index contributed by atoms with van der Waals surface area (Å²) in [4.78, 5) is 14.5. The van der Waals surface area contributed by atoms with E-state index < -0.39 is 21.1 Å². The van der Waals surface area contributed by atoms with Gasteiger partial charge in [-0.25, -0.2) is 9.78 Å². The molecule has 0 aliphatic heterocycles. The number of methoxy groups -OCH3 is 1. The van der Waals surface area contributed by atoms with Gasteiger partial charge in [-0.2, -0.15) is 0 Å². The number of carbonyl (C=O) groups is 1. The molecule has 0 amide bonds. The third-order valence-electron chi connectivity index (χ3n) is 4.10. The van der Waals surface area contributed by atoms with Crippen LogP contribution >= 0.6 is 7.92 Å². The number of nitrogens with zero attached hydrogens (tertiary/aromatic N) is 1. The summed E-state index contributed by atoms with van der Waals surface area (Å²) in [5.41, 5.74) is 0.338. The molecule has 0 atom stereocenters. The first-order valence-electron chi connectivity index (χ1n) is 10.1. The Morgan fingerprint density at radius 3 is 1.31 bits per heavy atom. The molecule has 0 saturated carbocycles. The van der Waals surface area contributed by atoms with Gasteiger partial charge in [-0.15, -0.1) is 0 Å². The summed E-state index contributed by atoms with van der Waals surface area (Å²) >= 11 is 0. The van der Waals surface area contributed by atoms with Crippen LogP contribution in [0.2, 0.25) is 0 Å². The van der Waals surface area contributed by atoms with Crippen molar-refractivity contribution in [1.29, 1.82) is 0 Å². The van der Waals surface area contributed by atoms with Gasteiger partial charge in [0, 0.05) is 6.20 Å². The Labute approximate surface area is 224 Å². The van der Waals surface area contributed by atoms with Crippen LogP contribution in [-0.4, -0.2) is 25.3 Å². The van der Waals surface area contributed by atoms with Crippen LogP contribution in [0.5, 0.6) is 0 Å². The standard InChI is InChI=1S/C18H15P.C7H7NO2.CH3.BF4.Pd/c1-4-10-16(11-5-1)19(17-12-6-2-7-13-17)18-14-8-3-9-15-18;1-10-7(9)6-4-2-3-5-8-6;;2-1(3,4)5;/h1-15H;2-5H,1H3;1H3;;/q;;2*-1;+2. The van der Waals surface area contributed by atoms with E-state index in [0.717, 1.165) is 0 Å². The molecule has 3 nitrogen and oxygen atoms in total. The molecule has 36 heavy (non-hydrogen) atoms. The van der Waals surface area contributed by atoms with Crippen LogP contribution < -0.4 is 15.9 Å². The van der Waals surface area contributed by atoms with E-state index in [1.165, 1.54) is 23.0 Å². The van der Waals surface area contributed by atoms with Crippen molar-refractivity contribution in [2.24, 2.45) is 0 Å². The monoisotopic (exact) mass is 607 g/mol. The van der Waals surface area contributed by atoms with Gasteiger partial charge in [0.25, 0.3) is 0 Å². The Bertz CT molecular complexity index is 1010. The van der Waals surface area contributed by atoms with E-state index in [4.69, 9.17) is 0 Å². The van der Waals surface area contributed by atoms with Crippen molar-refractivity contribution in [3.05, 3.63) is 129 Å². The number of halogens is 4. The van der Waals surface area contributed by atoms with Crippen molar-refractivity contribution in [3.8, 4) is 0 Å². The smallest absolute Gasteiger partial charge is 0.464 e. The number of ether oxygens (including phenoxy) is 1. The van der Waals surface area contributed by atoms with Crippen LogP contribution in [0.3, 0.4) is 0 Å². The molecular formula is C26H25BF4NO2PPd. The molecule has 10 heteroatoms. The quantitative estimate of drug-likeness (QED) is 0.0931. The maximum Gasteiger partial charge on any atom is 2.00 e. The summed E-state index contributed by atoms with van der Waals surface area (Å²) in [5.74, 6) is -0.402. The predicted molar refractivity (Wildman–Crippen MR) is 137 cm³/mol. The van der Waals surface area contributed by atoms with E-state index in [1.54, 1.807) is 24.4 Å². The largest absolute Gasteiger partial charge is 2.00 e. The van der Waals surface area contributed by atoms with E-state index in [2.05, 4.69) is 101 Å². The number of benzene rings is 3. The number of hydrogen-bond acceptors (Lipinski definition) is 3. The molecule has 0 fully saturated rings. The molecule has 1 heterocycles. The molecule has 0 aliphatic carbocycles. The van der Waals surface area contributed by atoms with Gasteiger partial charge >= 0.3 is 33.6 Å². The zero-order chi connectivity index (χ0) is 24.8. The average Bonchev–Trinajstić information content (AvgIpc) is 2.86. The summed E-state index contributed by atoms with van der Waals surface area (Å²) in [6, 6.07) is 37.4. The molecule has 0 spiro atoms. The third-order valence-corrected chi connectivity index (χ3v) is 6.55. The Morgan fingerprint density at radius 1 is 0.694 bits per heavy atom. The summed E-state index contributed by atoms with van der Waals surface area (Å²) < 4.78 is 43.4. The normalized spacial score (nSPS) is 9.72. The number of aromatic nitrogens is 1. The van der Waals surface area contributed by atoms with Crippen LogP contribution in [0.1, 0.15) is 10.5 Å². The van der Waals surface area contributed by atoms with E-state index in [-0.39, 0.29) is 27.8 Å². The Balaban J connectivity index is 0.000000612. The molecular weight excluding hydrogens is 582 g/mol. The maximum absolute atomic E-state index is 10.7. The Morgan fingerprint density at radius 2 is 1.03 bits per heavy atom. The Hall–Kier alpha value is -2.84. The fourth-order valence-electron chi connectivity index (χ4n) is 2.77. The van der Waals surface area contributed by atoms with Crippen molar-refractivity contribution in [2.45, 2.75) is 0 Å². The molecule has 0 unspecified atom stereocenters. The molecule has 4 aromatic rings. The van der Waals surface area contributed by atoms with Gasteiger partial charge in [0.2, 0.25) is 0 Å². The van der Waals surface area contributed by atoms with Gasteiger partial charge in [0.15, 0.2) is 0 Å². The second kappa shape index (κ2) is 17.6. The molecule has 3 aromatic carbocycles. The van der Waals surface area contributed by atoms with Crippen LogP contribution in [0.15, 0.2) is 115 Å². The molecule has 0 radical (unpaired) electrons. The van der Waals surface area contributed by atoms with Crippen LogP contribution in [-0.2, 0) is 25.2 Å². The summed E-state index contributed by atoms with van der Waals surface area (Å²) in [5, 5.41) is 4.19. The van der Waals surface area contributed by atoms with Gasteiger partial charge in [0.05, 0.1) is 7.11 Å². The molecule has 0 saturated heterocycles. The van der Waals surface area contributed by atoms with E-state index in [0.29, 0.717) is 5.69 Å². The molecule has 0 N–H and O–H groups in total. The first kappa shape index (κ1) is 33.2. The van der Waals surface area contributed by atoms with Crippen molar-refractivity contribution in [3.63, 3.8) is 0 Å². The summed E-state index contributed by atoms with van der Waals surface area (Å²) in [6.45, 7) is 0. The minimum absolute atomic E-state index is 0. The molecule has 192 valence electrons. The van der Waals surface area contributed by atoms with E-state index in [1.807, 2.05) is 0 Å². The first-order valence-corrected chi connectivity index (χ1v) is 11.5. The average molecular weight is 608 g/mol. The van der Waals surface area contributed by atoms with E-state index >= 15 is 0 Å². The number of pyridine rings is 1. The number of rotatable bonds is 4. The zero-order valence-electron chi connectivity index (χ0n) is 19.6. The van der Waals surface area contributed by atoms with Crippen molar-refractivity contribution in [2.75, 3.05) is 7.11 Å². The molecule has 1 aromatic heterocycles. The van der Waals surface area contributed by atoms with Gasteiger partial charge in [-0.3, -0.25) is 0 Å². The second-order valence-electron chi connectivity index (χ2n) is 6.54. The zero-order valence-corrected chi connectivity index (χ0v) is 22.0. The van der Waals surface area contributed by atoms with Gasteiger partial charge in [-0.1, -0.05) is 97.1 Å². The summed E-state index contributed by atoms with van der Waals surface area (Å²) in [6.07, 6.45) is 1.55. The number of hydrogen-bond donors (Lipinski definition) is 0. The minimum Gasteiger partial charge on any atom is -0.464 e. The van der Waals surface area contributed by atoms with Gasteiger partial charge < -0.3 is 29.4 Å². The van der Waals surface area contributed by atoms with Crippen molar-refractivity contribution in [1.82, 2.24) is 4.98 Å². The first-order chi connectivity index (χ1) is 16.3. The van der Waals surface area contributed by atoms with Crippen molar-refractivity contribution < 1.29 is 47.2 Å². The fraction of sp³-hybridized carbons (Fsp3) is 0.0385. The topological polar surface area (TPSA) is 39.2 Å². The predicted octanol–water partition coefficient (Wildman–Crippen LogP) is 6.06. The minimum atomic E-state index is -6.00. The molecule has 0 aliphatic rings. The van der Waals surface area contributed by atoms with Crippen LogP contribution in [0.25, 0.3) is 0 Å². The molecule has 0 bridgehead atoms. The Kier molecular flexibility index (Phi) is 16.2. The summed E-state index contributed by atoms with van der Waals surface area (Å²) in [7, 11) is -5.12. The number of esters is 1. The van der Waals surface area contributed by atoms with Crippen LogP contribution in [0.4, 0.5) is 17.3 Å². The second-order valence-corrected chi connectivity index (χ2v) is 8.76. The fourth-order valence-corrected chi connectivity index (χ4v) is 5.07. The van der Waals surface area contributed by atoms with Gasteiger partial charge in [0.1, 0.15) is 5.69 Å². The molecule has 4 rings (SSSR count). The van der Waals surface area contributed by atoms with Crippen molar-refractivity contribution >= 4 is 37.1 Å². The SMILES string of the molecule is COC(=O)c1ccccn1.F[B-](F)(F)F.[CH3-].[Pd+2].c1ccc(P(c2ccccc2)c2ccccc2)cc1. The van der Waals surface area contributed by atoms with E-state index in [9.17, 15) is 22.1 Å². The maximum atomic E-state index is 10.7.